The smallest absolute Gasteiger partial charge is 0.262 e. The van der Waals surface area contributed by atoms with Crippen LogP contribution in [0, 0.1) is 0 Å². The van der Waals surface area contributed by atoms with E-state index in [1.807, 2.05) is 6.07 Å². The van der Waals surface area contributed by atoms with Gasteiger partial charge < -0.3 is 26.0 Å². The van der Waals surface area contributed by atoms with Crippen LogP contribution < -0.4 is 26.0 Å². The Labute approximate surface area is 122 Å². The van der Waals surface area contributed by atoms with Crippen LogP contribution in [0.15, 0.2) is 12.1 Å². The van der Waals surface area contributed by atoms with Crippen molar-refractivity contribution in [2.75, 3.05) is 35.6 Å². The zero-order valence-electron chi connectivity index (χ0n) is 11.8. The summed E-state index contributed by atoms with van der Waals surface area (Å²) in [5, 5.41) is 5.69. The van der Waals surface area contributed by atoms with Gasteiger partial charge in [-0.25, -0.2) is 0 Å². The first kappa shape index (κ1) is 13.5. The van der Waals surface area contributed by atoms with Crippen molar-refractivity contribution < 1.29 is 14.3 Å². The number of nitrogens with two attached hydrogens (primary N) is 1. The minimum absolute atomic E-state index is 0.0140. The lowest BCUT2D eigenvalue weighted by Crippen LogP contribution is -2.35. The van der Waals surface area contributed by atoms with E-state index in [4.69, 9.17) is 10.5 Å². The number of fused-ring (bicyclic) bond motifs is 1. The second-order valence-corrected chi connectivity index (χ2v) is 5.38. The number of carbonyl (C=O) groups excluding carboxylic acids is 2. The molecule has 2 amide bonds. The number of amides is 2. The largest absolute Gasteiger partial charge is 0.482 e. The van der Waals surface area contributed by atoms with Crippen LogP contribution in [-0.2, 0) is 9.59 Å². The van der Waals surface area contributed by atoms with Crippen molar-refractivity contribution in [3.05, 3.63) is 12.1 Å². The van der Waals surface area contributed by atoms with E-state index >= 15 is 0 Å². The predicted octanol–water partition coefficient (Wildman–Crippen LogP) is 0.314. The first-order valence-corrected chi connectivity index (χ1v) is 6.91. The Kier molecular flexibility index (Phi) is 3.32. The van der Waals surface area contributed by atoms with Crippen LogP contribution >= 0.6 is 0 Å². The molecule has 0 bridgehead atoms. The highest BCUT2D eigenvalue weighted by Gasteiger charge is 2.26. The van der Waals surface area contributed by atoms with Gasteiger partial charge in [0.15, 0.2) is 6.61 Å². The molecule has 1 saturated heterocycles. The van der Waals surface area contributed by atoms with Crippen LogP contribution in [0.25, 0.3) is 0 Å². The molecule has 3 rings (SSSR count). The van der Waals surface area contributed by atoms with Crippen molar-refractivity contribution in [2.45, 2.75) is 19.4 Å². The molecule has 112 valence electrons. The third-order valence-electron chi connectivity index (χ3n) is 3.70. The zero-order chi connectivity index (χ0) is 15.0. The van der Waals surface area contributed by atoms with Crippen molar-refractivity contribution in [1.29, 1.82) is 0 Å². The van der Waals surface area contributed by atoms with E-state index in [2.05, 4.69) is 15.5 Å². The summed E-state index contributed by atoms with van der Waals surface area (Å²) in [6.45, 7) is 3.04. The molecule has 1 unspecified atom stereocenters. The monoisotopic (exact) mass is 290 g/mol. The van der Waals surface area contributed by atoms with Gasteiger partial charge in [-0.05, 0) is 12.5 Å². The van der Waals surface area contributed by atoms with E-state index in [0.717, 1.165) is 18.7 Å². The highest BCUT2D eigenvalue weighted by atomic mass is 16.5. The van der Waals surface area contributed by atoms with Crippen LogP contribution in [0.3, 0.4) is 0 Å². The van der Waals surface area contributed by atoms with Gasteiger partial charge in [-0.3, -0.25) is 9.59 Å². The fraction of sp³-hybridized carbons (Fsp3) is 0.429. The third-order valence-corrected chi connectivity index (χ3v) is 3.70. The molecule has 0 aliphatic carbocycles. The van der Waals surface area contributed by atoms with Crippen molar-refractivity contribution in [3.63, 3.8) is 0 Å². The van der Waals surface area contributed by atoms with Crippen LogP contribution in [0.5, 0.6) is 5.75 Å². The van der Waals surface area contributed by atoms with Crippen molar-refractivity contribution >= 4 is 28.9 Å². The molecule has 1 aromatic rings. The molecule has 1 fully saturated rings. The molecule has 1 aromatic carbocycles. The first-order valence-electron chi connectivity index (χ1n) is 6.91. The maximum atomic E-state index is 11.4. The Hall–Kier alpha value is -2.44. The molecule has 0 radical (unpaired) electrons. The van der Waals surface area contributed by atoms with Gasteiger partial charge in [0.2, 0.25) is 5.91 Å². The summed E-state index contributed by atoms with van der Waals surface area (Å²) < 4.78 is 5.34. The van der Waals surface area contributed by atoms with Crippen molar-refractivity contribution in [2.24, 2.45) is 0 Å². The lowest BCUT2D eigenvalue weighted by molar-refractivity contribution is -0.120. The van der Waals surface area contributed by atoms with Crippen molar-refractivity contribution in [1.82, 2.24) is 5.32 Å². The van der Waals surface area contributed by atoms with Crippen LogP contribution in [0.1, 0.15) is 13.3 Å². The molecular formula is C14H18N4O3. The topological polar surface area (TPSA) is 96.7 Å². The van der Waals surface area contributed by atoms with Gasteiger partial charge in [0.1, 0.15) is 5.75 Å². The number of nitrogen functional groups attached to an aromatic ring is 1. The molecule has 0 aromatic heterocycles. The summed E-state index contributed by atoms with van der Waals surface area (Å²) >= 11 is 0. The van der Waals surface area contributed by atoms with Gasteiger partial charge in [-0.1, -0.05) is 0 Å². The number of nitrogens with zero attached hydrogens (tertiary/aromatic N) is 1. The summed E-state index contributed by atoms with van der Waals surface area (Å²) in [6, 6.07) is 3.69. The Morgan fingerprint density at radius 2 is 2.33 bits per heavy atom. The van der Waals surface area contributed by atoms with Gasteiger partial charge in [0.25, 0.3) is 5.91 Å². The average Bonchev–Trinajstić information content (AvgIpc) is 2.86. The minimum atomic E-state index is -0.171. The molecular weight excluding hydrogens is 272 g/mol. The van der Waals surface area contributed by atoms with E-state index in [-0.39, 0.29) is 24.5 Å². The summed E-state index contributed by atoms with van der Waals surface area (Å²) in [4.78, 5) is 24.6. The number of hydrogen-bond donors (Lipinski definition) is 3. The lowest BCUT2D eigenvalue weighted by atomic mass is 10.2. The molecule has 2 aliphatic heterocycles. The number of ether oxygens (including phenoxy) is 1. The standard InChI is InChI=1S/C14H18N4O3/c1-8(19)16-9-2-3-18(6-9)12-5-11-13(4-10(12)15)21-7-14(20)17-11/h4-5,9H,2-3,6-7,15H2,1H3,(H,16,19)(H,17,20). The van der Waals surface area contributed by atoms with Crippen LogP contribution in [-0.4, -0.2) is 37.6 Å². The Morgan fingerprint density at radius 3 is 3.10 bits per heavy atom. The minimum Gasteiger partial charge on any atom is -0.482 e. The molecule has 2 heterocycles. The maximum Gasteiger partial charge on any atom is 0.262 e. The number of hydrogen-bond acceptors (Lipinski definition) is 5. The number of carbonyl (C=O) groups is 2. The fourth-order valence-electron chi connectivity index (χ4n) is 2.79. The summed E-state index contributed by atoms with van der Waals surface area (Å²) in [5.74, 6) is 0.394. The Balaban J connectivity index is 1.81. The number of benzene rings is 1. The quantitative estimate of drug-likeness (QED) is 0.681. The van der Waals surface area contributed by atoms with E-state index in [1.54, 1.807) is 6.07 Å². The summed E-state index contributed by atoms with van der Waals surface area (Å²) in [6.07, 6.45) is 0.874. The average molecular weight is 290 g/mol. The number of rotatable bonds is 2. The second kappa shape index (κ2) is 5.16. The van der Waals surface area contributed by atoms with Crippen LogP contribution in [0.4, 0.5) is 17.1 Å². The fourth-order valence-corrected chi connectivity index (χ4v) is 2.79. The highest BCUT2D eigenvalue weighted by molar-refractivity contribution is 5.97. The van der Waals surface area contributed by atoms with Gasteiger partial charge in [-0.2, -0.15) is 0 Å². The van der Waals surface area contributed by atoms with E-state index < -0.39 is 0 Å². The first-order chi connectivity index (χ1) is 10.0. The molecule has 2 aliphatic rings. The third kappa shape index (κ3) is 2.72. The van der Waals surface area contributed by atoms with Crippen LogP contribution in [0.2, 0.25) is 0 Å². The van der Waals surface area contributed by atoms with E-state index in [9.17, 15) is 9.59 Å². The number of anilines is 3. The predicted molar refractivity (Wildman–Crippen MR) is 79.4 cm³/mol. The lowest BCUT2D eigenvalue weighted by Gasteiger charge is -2.25. The molecule has 1 atom stereocenters. The van der Waals surface area contributed by atoms with E-state index in [1.165, 1.54) is 6.92 Å². The van der Waals surface area contributed by atoms with Gasteiger partial charge >= 0.3 is 0 Å². The van der Waals surface area contributed by atoms with Gasteiger partial charge in [0, 0.05) is 32.1 Å². The summed E-state index contributed by atoms with van der Waals surface area (Å²) in [5.41, 5.74) is 8.18. The van der Waals surface area contributed by atoms with Gasteiger partial charge in [0.05, 0.1) is 17.1 Å². The Morgan fingerprint density at radius 1 is 1.52 bits per heavy atom. The normalized spacial score (nSPS) is 20.5. The Bertz CT molecular complexity index is 602. The van der Waals surface area contributed by atoms with E-state index in [0.29, 0.717) is 23.7 Å². The van der Waals surface area contributed by atoms with Gasteiger partial charge in [-0.15, -0.1) is 0 Å². The van der Waals surface area contributed by atoms with Crippen molar-refractivity contribution in [3.8, 4) is 5.75 Å². The number of nitrogens with one attached hydrogen (secondary N) is 2. The summed E-state index contributed by atoms with van der Waals surface area (Å²) in [7, 11) is 0. The second-order valence-electron chi connectivity index (χ2n) is 5.38. The molecule has 0 spiro atoms. The zero-order valence-corrected chi connectivity index (χ0v) is 11.8. The molecule has 7 nitrogen and oxygen atoms in total. The molecule has 0 saturated carbocycles. The molecule has 7 heteroatoms. The SMILES string of the molecule is CC(=O)NC1CCN(c2cc3c(cc2N)OCC(=O)N3)C1. The molecule has 4 N–H and O–H groups in total. The maximum absolute atomic E-state index is 11.4. The molecule has 21 heavy (non-hydrogen) atoms. The highest BCUT2D eigenvalue weighted by Crippen LogP contribution is 2.38.